The fourth-order valence-electron chi connectivity index (χ4n) is 3.23. The van der Waals surface area contributed by atoms with Gasteiger partial charge in [-0.1, -0.05) is 13.0 Å². The molecule has 0 saturated heterocycles. The predicted octanol–water partition coefficient (Wildman–Crippen LogP) is 4.60. The Hall–Kier alpha value is -2.57. The van der Waals surface area contributed by atoms with Crippen LogP contribution in [0.3, 0.4) is 0 Å². The molecular formula is C21H25F2NO4. The Morgan fingerprint density at radius 3 is 2.68 bits per heavy atom. The molecule has 1 saturated carbocycles. The molecule has 5 nitrogen and oxygen atoms in total. The molecule has 152 valence electrons. The van der Waals surface area contributed by atoms with Crippen LogP contribution in [-0.2, 0) is 17.8 Å². The van der Waals surface area contributed by atoms with Gasteiger partial charge in [0.15, 0.2) is 11.5 Å². The van der Waals surface area contributed by atoms with E-state index in [9.17, 15) is 13.6 Å². The second-order valence-corrected chi connectivity index (χ2v) is 7.24. The van der Waals surface area contributed by atoms with Gasteiger partial charge >= 0.3 is 6.61 Å². The Morgan fingerprint density at radius 2 is 2.04 bits per heavy atom. The quantitative estimate of drug-likeness (QED) is 0.625. The number of hydrogen-bond acceptors (Lipinski definition) is 4. The minimum Gasteiger partial charge on any atom is -0.493 e. The van der Waals surface area contributed by atoms with Crippen LogP contribution in [0.2, 0.25) is 0 Å². The first-order valence-electron chi connectivity index (χ1n) is 9.31. The summed E-state index contributed by atoms with van der Waals surface area (Å²) in [5.41, 5.74) is 0.761. The molecule has 0 radical (unpaired) electrons. The van der Waals surface area contributed by atoms with E-state index >= 15 is 0 Å². The molecule has 1 aliphatic rings. The van der Waals surface area contributed by atoms with E-state index in [0.29, 0.717) is 31.2 Å². The van der Waals surface area contributed by atoms with Crippen molar-refractivity contribution in [1.29, 1.82) is 0 Å². The smallest absolute Gasteiger partial charge is 0.387 e. The fourth-order valence-corrected chi connectivity index (χ4v) is 3.23. The van der Waals surface area contributed by atoms with Gasteiger partial charge in [-0.2, -0.15) is 8.78 Å². The van der Waals surface area contributed by atoms with E-state index in [2.05, 4.69) is 11.7 Å². The second kappa shape index (κ2) is 8.63. The van der Waals surface area contributed by atoms with Gasteiger partial charge in [0, 0.05) is 32.4 Å². The molecule has 1 aliphatic carbocycles. The Balaban J connectivity index is 1.52. The standard InChI is InChI=1S/C21H25F2NO4/c1-13-10-16(13)17-8-5-15(27-17)6-9-20(25)24(2)12-14-4-7-18(28-21(22)23)19(11-14)26-3/h4-5,7-8,11,13,16,21H,6,9-10,12H2,1-3H3. The topological polar surface area (TPSA) is 51.9 Å². The van der Waals surface area contributed by atoms with E-state index in [1.165, 1.54) is 19.6 Å². The van der Waals surface area contributed by atoms with Crippen molar-refractivity contribution >= 4 is 5.91 Å². The molecular weight excluding hydrogens is 368 g/mol. The van der Waals surface area contributed by atoms with E-state index in [0.717, 1.165) is 17.1 Å². The average Bonchev–Trinajstić information content (AvgIpc) is 3.20. The highest BCUT2D eigenvalue weighted by Gasteiger charge is 2.36. The molecule has 0 spiro atoms. The number of aryl methyl sites for hydroxylation is 1. The first kappa shape index (κ1) is 20.2. The average molecular weight is 393 g/mol. The van der Waals surface area contributed by atoms with Crippen molar-refractivity contribution in [3.63, 3.8) is 0 Å². The third kappa shape index (κ3) is 5.03. The van der Waals surface area contributed by atoms with Crippen LogP contribution >= 0.6 is 0 Å². The monoisotopic (exact) mass is 393 g/mol. The van der Waals surface area contributed by atoms with Crippen molar-refractivity contribution < 1.29 is 27.5 Å². The first-order valence-corrected chi connectivity index (χ1v) is 9.31. The summed E-state index contributed by atoms with van der Waals surface area (Å²) < 4.78 is 40.2. The Morgan fingerprint density at radius 1 is 1.29 bits per heavy atom. The summed E-state index contributed by atoms with van der Waals surface area (Å²) in [7, 11) is 3.09. The summed E-state index contributed by atoms with van der Waals surface area (Å²) in [6.07, 6.45) is 2.06. The number of carbonyl (C=O) groups is 1. The summed E-state index contributed by atoms with van der Waals surface area (Å²) in [6, 6.07) is 8.60. The SMILES string of the molecule is COc1cc(CN(C)C(=O)CCc2ccc(C3CC3C)o2)ccc1OC(F)F. The third-order valence-electron chi connectivity index (χ3n) is 5.03. The van der Waals surface area contributed by atoms with Gasteiger partial charge in [-0.3, -0.25) is 4.79 Å². The number of furan rings is 1. The fraction of sp³-hybridized carbons (Fsp3) is 0.476. The number of nitrogens with zero attached hydrogens (tertiary/aromatic N) is 1. The van der Waals surface area contributed by atoms with Crippen LogP contribution in [0.4, 0.5) is 8.78 Å². The maximum atomic E-state index is 12.4. The molecule has 1 amide bonds. The van der Waals surface area contributed by atoms with Crippen molar-refractivity contribution in [2.75, 3.05) is 14.2 Å². The van der Waals surface area contributed by atoms with Crippen LogP contribution in [0.1, 0.15) is 42.8 Å². The van der Waals surface area contributed by atoms with Gasteiger partial charge in [-0.25, -0.2) is 0 Å². The predicted molar refractivity (Wildman–Crippen MR) is 99.7 cm³/mol. The maximum absolute atomic E-state index is 12.4. The molecule has 0 N–H and O–H groups in total. The van der Waals surface area contributed by atoms with E-state index in [1.807, 2.05) is 12.1 Å². The summed E-state index contributed by atoms with van der Waals surface area (Å²) >= 11 is 0. The second-order valence-electron chi connectivity index (χ2n) is 7.24. The highest BCUT2D eigenvalue weighted by atomic mass is 19.3. The molecule has 1 aromatic heterocycles. The summed E-state index contributed by atoms with van der Waals surface area (Å²) in [5, 5.41) is 0. The molecule has 3 rings (SSSR count). The largest absolute Gasteiger partial charge is 0.493 e. The van der Waals surface area contributed by atoms with Gasteiger partial charge in [0.2, 0.25) is 5.91 Å². The molecule has 2 aromatic rings. The van der Waals surface area contributed by atoms with Gasteiger partial charge in [0.25, 0.3) is 0 Å². The molecule has 1 fully saturated rings. The number of hydrogen-bond donors (Lipinski definition) is 0. The van der Waals surface area contributed by atoms with Crippen LogP contribution in [0.25, 0.3) is 0 Å². The van der Waals surface area contributed by atoms with Crippen molar-refractivity contribution in [3.05, 3.63) is 47.4 Å². The van der Waals surface area contributed by atoms with Crippen LogP contribution in [-0.4, -0.2) is 31.6 Å². The first-order chi connectivity index (χ1) is 13.4. The van der Waals surface area contributed by atoms with Gasteiger partial charge in [0.1, 0.15) is 11.5 Å². The number of benzene rings is 1. The number of alkyl halides is 2. The van der Waals surface area contributed by atoms with Crippen molar-refractivity contribution in [3.8, 4) is 11.5 Å². The minimum absolute atomic E-state index is 0.0235. The zero-order valence-corrected chi connectivity index (χ0v) is 16.3. The molecule has 0 bridgehead atoms. The molecule has 1 aromatic carbocycles. The van der Waals surface area contributed by atoms with E-state index in [4.69, 9.17) is 9.15 Å². The van der Waals surface area contributed by atoms with E-state index in [-0.39, 0.29) is 17.4 Å². The van der Waals surface area contributed by atoms with Crippen molar-refractivity contribution in [2.24, 2.45) is 5.92 Å². The summed E-state index contributed by atoms with van der Waals surface area (Å²) in [5.74, 6) is 3.20. The Kier molecular flexibility index (Phi) is 6.21. The number of carbonyl (C=O) groups excluding carboxylic acids is 1. The Bertz CT molecular complexity index is 820. The number of rotatable bonds is 9. The van der Waals surface area contributed by atoms with Crippen LogP contribution in [0, 0.1) is 5.92 Å². The van der Waals surface area contributed by atoms with Crippen LogP contribution in [0.5, 0.6) is 11.5 Å². The van der Waals surface area contributed by atoms with Crippen molar-refractivity contribution in [2.45, 2.75) is 45.3 Å². The van der Waals surface area contributed by atoms with Crippen LogP contribution in [0.15, 0.2) is 34.7 Å². The molecule has 7 heteroatoms. The maximum Gasteiger partial charge on any atom is 0.387 e. The lowest BCUT2D eigenvalue weighted by atomic mass is 10.1. The van der Waals surface area contributed by atoms with Crippen molar-refractivity contribution in [1.82, 2.24) is 4.90 Å². The summed E-state index contributed by atoms with van der Waals surface area (Å²) in [6.45, 7) is -0.381. The Labute approximate surface area is 163 Å². The number of methoxy groups -OCH3 is 1. The molecule has 0 aliphatic heterocycles. The lowest BCUT2D eigenvalue weighted by molar-refractivity contribution is -0.130. The van der Waals surface area contributed by atoms with E-state index < -0.39 is 6.61 Å². The number of amides is 1. The van der Waals surface area contributed by atoms with Gasteiger partial charge in [0.05, 0.1) is 7.11 Å². The van der Waals surface area contributed by atoms with E-state index in [1.54, 1.807) is 24.1 Å². The van der Waals surface area contributed by atoms with Gasteiger partial charge in [-0.05, 0) is 42.2 Å². The lowest BCUT2D eigenvalue weighted by Crippen LogP contribution is -2.26. The summed E-state index contributed by atoms with van der Waals surface area (Å²) in [4.78, 5) is 14.0. The zero-order valence-electron chi connectivity index (χ0n) is 16.3. The highest BCUT2D eigenvalue weighted by Crippen LogP contribution is 2.47. The molecule has 2 unspecified atom stereocenters. The highest BCUT2D eigenvalue weighted by molar-refractivity contribution is 5.76. The number of ether oxygens (including phenoxy) is 2. The third-order valence-corrected chi connectivity index (χ3v) is 5.03. The molecule has 28 heavy (non-hydrogen) atoms. The lowest BCUT2D eigenvalue weighted by Gasteiger charge is -2.18. The van der Waals surface area contributed by atoms with Gasteiger partial charge in [-0.15, -0.1) is 0 Å². The zero-order chi connectivity index (χ0) is 20.3. The normalized spacial score (nSPS) is 18.2. The molecule has 2 atom stereocenters. The van der Waals surface area contributed by atoms with Crippen LogP contribution < -0.4 is 9.47 Å². The number of halogens is 2. The minimum atomic E-state index is -2.92. The van der Waals surface area contributed by atoms with Gasteiger partial charge < -0.3 is 18.8 Å². The molecule has 1 heterocycles.